The van der Waals surface area contributed by atoms with E-state index < -0.39 is 5.97 Å². The van der Waals surface area contributed by atoms with Crippen LogP contribution >= 0.6 is 11.3 Å². The molecule has 2 N–H and O–H groups in total. The number of amides is 2. The lowest BCUT2D eigenvalue weighted by Crippen LogP contribution is -2.44. The molecule has 23 heavy (non-hydrogen) atoms. The molecule has 1 rings (SSSR count). The highest BCUT2D eigenvalue weighted by molar-refractivity contribution is 7.09. The molecule has 128 valence electrons. The van der Waals surface area contributed by atoms with Crippen LogP contribution in [-0.2, 0) is 20.9 Å². The van der Waals surface area contributed by atoms with E-state index in [1.807, 2.05) is 24.4 Å². The fraction of sp³-hybridized carbons (Fsp3) is 0.533. The van der Waals surface area contributed by atoms with E-state index in [0.29, 0.717) is 19.6 Å². The highest BCUT2D eigenvalue weighted by Crippen LogP contribution is 2.07. The van der Waals surface area contributed by atoms with E-state index in [0.717, 1.165) is 4.88 Å². The van der Waals surface area contributed by atoms with Crippen LogP contribution in [0.4, 0.5) is 0 Å². The average Bonchev–Trinajstić information content (AvgIpc) is 3.01. The average molecular weight is 341 g/mol. The van der Waals surface area contributed by atoms with Gasteiger partial charge in [-0.3, -0.25) is 19.3 Å². The molecule has 1 aromatic rings. The SMILES string of the molecule is CCN(CC(=O)NCc1cccs1)C(=O)CN(C)CCC(=O)O. The fourth-order valence-corrected chi connectivity index (χ4v) is 2.55. The van der Waals surface area contributed by atoms with Gasteiger partial charge in [0.1, 0.15) is 0 Å². The Balaban J connectivity index is 2.37. The van der Waals surface area contributed by atoms with Gasteiger partial charge >= 0.3 is 5.97 Å². The zero-order valence-corrected chi connectivity index (χ0v) is 14.3. The van der Waals surface area contributed by atoms with Crippen LogP contribution in [0.3, 0.4) is 0 Å². The standard InChI is InChI=1S/C15H23N3O4S/c1-3-18(14(20)11-17(2)7-6-15(21)22)10-13(19)16-9-12-5-4-8-23-12/h4-5,8H,3,6-7,9-11H2,1-2H3,(H,16,19)(H,21,22). The van der Waals surface area contributed by atoms with Crippen molar-refractivity contribution in [3.05, 3.63) is 22.4 Å². The van der Waals surface area contributed by atoms with Gasteiger partial charge < -0.3 is 15.3 Å². The summed E-state index contributed by atoms with van der Waals surface area (Å²) in [7, 11) is 1.69. The number of carboxylic acids is 1. The predicted octanol–water partition coefficient (Wildman–Crippen LogP) is 0.619. The van der Waals surface area contributed by atoms with Crippen molar-refractivity contribution >= 4 is 29.1 Å². The molecular formula is C15H23N3O4S. The van der Waals surface area contributed by atoms with E-state index in [1.54, 1.807) is 23.3 Å². The second-order valence-electron chi connectivity index (χ2n) is 5.15. The highest BCUT2D eigenvalue weighted by Gasteiger charge is 2.17. The van der Waals surface area contributed by atoms with Gasteiger partial charge in [0.2, 0.25) is 11.8 Å². The van der Waals surface area contributed by atoms with Crippen molar-refractivity contribution in [2.24, 2.45) is 0 Å². The maximum absolute atomic E-state index is 12.2. The van der Waals surface area contributed by atoms with Crippen LogP contribution in [0.1, 0.15) is 18.2 Å². The van der Waals surface area contributed by atoms with Gasteiger partial charge in [-0.05, 0) is 25.4 Å². The molecule has 0 radical (unpaired) electrons. The molecule has 0 saturated heterocycles. The largest absolute Gasteiger partial charge is 0.481 e. The number of hydrogen-bond donors (Lipinski definition) is 2. The molecule has 0 spiro atoms. The van der Waals surface area contributed by atoms with Crippen molar-refractivity contribution in [1.29, 1.82) is 0 Å². The smallest absolute Gasteiger partial charge is 0.304 e. The number of hydrogen-bond acceptors (Lipinski definition) is 5. The van der Waals surface area contributed by atoms with E-state index in [-0.39, 0.29) is 31.3 Å². The maximum atomic E-state index is 12.2. The maximum Gasteiger partial charge on any atom is 0.304 e. The molecule has 0 aromatic carbocycles. The third-order valence-corrected chi connectivity index (χ3v) is 4.10. The van der Waals surface area contributed by atoms with Gasteiger partial charge in [0.05, 0.1) is 26.1 Å². The minimum Gasteiger partial charge on any atom is -0.481 e. The number of nitrogens with zero attached hydrogens (tertiary/aromatic N) is 2. The number of carbonyl (C=O) groups is 3. The molecule has 0 aliphatic rings. The topological polar surface area (TPSA) is 90.0 Å². The normalized spacial score (nSPS) is 10.6. The summed E-state index contributed by atoms with van der Waals surface area (Å²) in [5.41, 5.74) is 0. The molecule has 0 saturated carbocycles. The first-order valence-corrected chi connectivity index (χ1v) is 8.27. The minimum absolute atomic E-state index is 0.00742. The molecule has 1 heterocycles. The molecule has 2 amide bonds. The first kappa shape index (κ1) is 19.1. The molecule has 7 nitrogen and oxygen atoms in total. The Bertz CT molecular complexity index is 519. The third kappa shape index (κ3) is 7.75. The fourth-order valence-electron chi connectivity index (χ4n) is 1.90. The number of likely N-dealkylation sites (N-methyl/N-ethyl adjacent to an activating group) is 2. The van der Waals surface area contributed by atoms with Gasteiger partial charge in [-0.2, -0.15) is 0 Å². The number of aliphatic carboxylic acids is 1. The van der Waals surface area contributed by atoms with E-state index >= 15 is 0 Å². The Morgan fingerprint density at radius 1 is 1.30 bits per heavy atom. The minimum atomic E-state index is -0.899. The molecule has 1 aromatic heterocycles. The predicted molar refractivity (Wildman–Crippen MR) is 88.2 cm³/mol. The highest BCUT2D eigenvalue weighted by atomic mass is 32.1. The van der Waals surface area contributed by atoms with Crippen molar-refractivity contribution in [2.75, 3.05) is 33.2 Å². The van der Waals surface area contributed by atoms with Crippen LogP contribution in [0, 0.1) is 0 Å². The molecule has 0 aliphatic carbocycles. The van der Waals surface area contributed by atoms with Crippen LogP contribution in [0.15, 0.2) is 17.5 Å². The van der Waals surface area contributed by atoms with Crippen molar-refractivity contribution in [3.63, 3.8) is 0 Å². The molecule has 0 bridgehead atoms. The van der Waals surface area contributed by atoms with Gasteiger partial charge in [-0.1, -0.05) is 6.07 Å². The van der Waals surface area contributed by atoms with Gasteiger partial charge in [0, 0.05) is 18.0 Å². The zero-order chi connectivity index (χ0) is 17.2. The first-order chi connectivity index (χ1) is 10.9. The summed E-state index contributed by atoms with van der Waals surface area (Å²) < 4.78 is 0. The van der Waals surface area contributed by atoms with Gasteiger partial charge in [-0.25, -0.2) is 0 Å². The number of carboxylic acid groups (broad SMARTS) is 1. The summed E-state index contributed by atoms with van der Waals surface area (Å²) in [6.45, 7) is 3.09. The lowest BCUT2D eigenvalue weighted by Gasteiger charge is -2.23. The Kier molecular flexibility index (Phi) is 8.28. The number of carbonyl (C=O) groups excluding carboxylic acids is 2. The van der Waals surface area contributed by atoms with Crippen LogP contribution in [0.25, 0.3) is 0 Å². The Labute approximate surface area is 139 Å². The van der Waals surface area contributed by atoms with Crippen LogP contribution in [0.5, 0.6) is 0 Å². The number of nitrogens with one attached hydrogen (secondary N) is 1. The van der Waals surface area contributed by atoms with Gasteiger partial charge in [-0.15, -0.1) is 11.3 Å². The molecule has 8 heteroatoms. The van der Waals surface area contributed by atoms with E-state index in [9.17, 15) is 14.4 Å². The molecule has 0 unspecified atom stereocenters. The monoisotopic (exact) mass is 341 g/mol. The van der Waals surface area contributed by atoms with E-state index in [4.69, 9.17) is 5.11 Å². The molecule has 0 aliphatic heterocycles. The van der Waals surface area contributed by atoms with Gasteiger partial charge in [0.25, 0.3) is 0 Å². The number of rotatable bonds is 10. The quantitative estimate of drug-likeness (QED) is 0.651. The van der Waals surface area contributed by atoms with Crippen LogP contribution < -0.4 is 5.32 Å². The van der Waals surface area contributed by atoms with Crippen LogP contribution in [0.2, 0.25) is 0 Å². The second-order valence-corrected chi connectivity index (χ2v) is 6.18. The van der Waals surface area contributed by atoms with Crippen molar-refractivity contribution in [1.82, 2.24) is 15.1 Å². The van der Waals surface area contributed by atoms with E-state index in [2.05, 4.69) is 5.32 Å². The Morgan fingerprint density at radius 3 is 2.61 bits per heavy atom. The van der Waals surface area contributed by atoms with Crippen molar-refractivity contribution in [2.45, 2.75) is 19.9 Å². The van der Waals surface area contributed by atoms with Gasteiger partial charge in [0.15, 0.2) is 0 Å². The van der Waals surface area contributed by atoms with Crippen molar-refractivity contribution < 1.29 is 19.5 Å². The number of thiophene rings is 1. The summed E-state index contributed by atoms with van der Waals surface area (Å²) in [4.78, 5) is 38.8. The summed E-state index contributed by atoms with van der Waals surface area (Å²) in [5, 5.41) is 13.4. The molecule has 0 fully saturated rings. The summed E-state index contributed by atoms with van der Waals surface area (Å²) in [6, 6.07) is 3.85. The lowest BCUT2D eigenvalue weighted by atomic mass is 10.3. The first-order valence-electron chi connectivity index (χ1n) is 7.39. The summed E-state index contributed by atoms with van der Waals surface area (Å²) in [5.74, 6) is -1.29. The molecule has 0 atom stereocenters. The summed E-state index contributed by atoms with van der Waals surface area (Å²) >= 11 is 1.56. The van der Waals surface area contributed by atoms with Crippen molar-refractivity contribution in [3.8, 4) is 0 Å². The van der Waals surface area contributed by atoms with E-state index in [1.165, 1.54) is 4.90 Å². The Morgan fingerprint density at radius 2 is 2.04 bits per heavy atom. The Hall–Kier alpha value is -1.93. The molecular weight excluding hydrogens is 318 g/mol. The second kappa shape index (κ2) is 9.96. The summed E-state index contributed by atoms with van der Waals surface area (Å²) in [6.07, 6.45) is -0.0167. The zero-order valence-electron chi connectivity index (χ0n) is 13.4. The van der Waals surface area contributed by atoms with Crippen LogP contribution in [-0.4, -0.2) is 65.9 Å². The lowest BCUT2D eigenvalue weighted by molar-refractivity contribution is -0.139. The third-order valence-electron chi connectivity index (χ3n) is 3.22.